The maximum Gasteiger partial charge on any atom is 0.243 e. The number of halogens is 3. The highest BCUT2D eigenvalue weighted by Gasteiger charge is 2.33. The Kier molecular flexibility index (Phi) is 9.23. The Morgan fingerprint density at radius 1 is 0.829 bits per heavy atom. The summed E-state index contributed by atoms with van der Waals surface area (Å²) in [5.41, 5.74) is 1.72. The number of carbonyl (C=O) groups excluding carboxylic acids is 2. The quantitative estimate of drug-likeness (QED) is 0.350. The SMILES string of the molecule is CC(C)(C)NC(=O)[C@H](Cc1ccccc1)N(Cc1c(Cl)cccc1Cl)C(=O)Cc1ccccc1Cl. The molecule has 0 fully saturated rings. The molecule has 184 valence electrons. The zero-order valence-corrected chi connectivity index (χ0v) is 22.3. The van der Waals surface area contributed by atoms with Crippen molar-refractivity contribution in [1.82, 2.24) is 10.2 Å². The first-order chi connectivity index (χ1) is 16.5. The van der Waals surface area contributed by atoms with Gasteiger partial charge in [-0.2, -0.15) is 0 Å². The van der Waals surface area contributed by atoms with Crippen LogP contribution in [-0.4, -0.2) is 28.3 Å². The van der Waals surface area contributed by atoms with Crippen LogP contribution in [0.1, 0.15) is 37.5 Å². The van der Waals surface area contributed by atoms with Crippen molar-refractivity contribution in [3.63, 3.8) is 0 Å². The van der Waals surface area contributed by atoms with E-state index in [-0.39, 0.29) is 24.8 Å². The van der Waals surface area contributed by atoms with E-state index in [2.05, 4.69) is 5.32 Å². The zero-order valence-electron chi connectivity index (χ0n) is 20.0. The molecule has 0 radical (unpaired) electrons. The van der Waals surface area contributed by atoms with Crippen LogP contribution >= 0.6 is 34.8 Å². The number of hydrogen-bond acceptors (Lipinski definition) is 2. The van der Waals surface area contributed by atoms with Gasteiger partial charge in [-0.05, 0) is 50.1 Å². The van der Waals surface area contributed by atoms with Crippen molar-refractivity contribution in [3.8, 4) is 0 Å². The molecule has 3 aromatic rings. The van der Waals surface area contributed by atoms with E-state index in [4.69, 9.17) is 34.8 Å². The van der Waals surface area contributed by atoms with Crippen molar-refractivity contribution >= 4 is 46.6 Å². The highest BCUT2D eigenvalue weighted by atomic mass is 35.5. The number of nitrogens with zero attached hydrogens (tertiary/aromatic N) is 1. The molecule has 0 bridgehead atoms. The number of rotatable bonds is 8. The number of nitrogens with one attached hydrogen (secondary N) is 1. The largest absolute Gasteiger partial charge is 0.350 e. The van der Waals surface area contributed by atoms with Gasteiger partial charge in [0.05, 0.1) is 6.42 Å². The van der Waals surface area contributed by atoms with E-state index >= 15 is 0 Å². The maximum absolute atomic E-state index is 13.8. The molecule has 0 aliphatic carbocycles. The minimum Gasteiger partial charge on any atom is -0.350 e. The van der Waals surface area contributed by atoms with Crippen molar-refractivity contribution in [2.24, 2.45) is 0 Å². The summed E-state index contributed by atoms with van der Waals surface area (Å²) in [6.45, 7) is 5.80. The van der Waals surface area contributed by atoms with Crippen LogP contribution in [0.25, 0.3) is 0 Å². The van der Waals surface area contributed by atoms with E-state index in [1.807, 2.05) is 69.3 Å². The topological polar surface area (TPSA) is 49.4 Å². The average molecular weight is 532 g/mol. The lowest BCUT2D eigenvalue weighted by Gasteiger charge is -2.34. The Hall–Kier alpha value is -2.53. The normalized spacial score (nSPS) is 12.2. The van der Waals surface area contributed by atoms with Gasteiger partial charge in [0.25, 0.3) is 0 Å². The number of amides is 2. The van der Waals surface area contributed by atoms with Gasteiger partial charge in [-0.3, -0.25) is 9.59 Å². The zero-order chi connectivity index (χ0) is 25.6. The molecule has 1 atom stereocenters. The van der Waals surface area contributed by atoms with Crippen LogP contribution in [0.3, 0.4) is 0 Å². The van der Waals surface area contributed by atoms with Crippen molar-refractivity contribution < 1.29 is 9.59 Å². The van der Waals surface area contributed by atoms with E-state index in [1.165, 1.54) is 0 Å². The molecule has 7 heteroatoms. The summed E-state index contributed by atoms with van der Waals surface area (Å²) < 4.78 is 0. The Morgan fingerprint density at radius 3 is 2.00 bits per heavy atom. The summed E-state index contributed by atoms with van der Waals surface area (Å²) in [6, 6.07) is 21.2. The van der Waals surface area contributed by atoms with E-state index in [0.717, 1.165) is 5.56 Å². The second-order valence-electron chi connectivity index (χ2n) is 9.43. The van der Waals surface area contributed by atoms with Gasteiger partial charge < -0.3 is 10.2 Å². The van der Waals surface area contributed by atoms with Crippen LogP contribution in [0.5, 0.6) is 0 Å². The Morgan fingerprint density at radius 2 is 1.40 bits per heavy atom. The predicted molar refractivity (Wildman–Crippen MR) is 144 cm³/mol. The van der Waals surface area contributed by atoms with Crippen LogP contribution in [-0.2, 0) is 29.0 Å². The van der Waals surface area contributed by atoms with Gasteiger partial charge in [-0.25, -0.2) is 0 Å². The van der Waals surface area contributed by atoms with Gasteiger partial charge in [0.1, 0.15) is 6.04 Å². The lowest BCUT2D eigenvalue weighted by Crippen LogP contribution is -2.54. The Labute approximate surface area is 222 Å². The first kappa shape index (κ1) is 27.1. The number of hydrogen-bond donors (Lipinski definition) is 1. The van der Waals surface area contributed by atoms with Crippen molar-refractivity contribution in [2.45, 2.75) is 51.7 Å². The monoisotopic (exact) mass is 530 g/mol. The molecule has 0 spiro atoms. The lowest BCUT2D eigenvalue weighted by atomic mass is 9.99. The molecule has 2 amide bonds. The molecule has 0 unspecified atom stereocenters. The molecule has 4 nitrogen and oxygen atoms in total. The molecule has 0 aliphatic rings. The third kappa shape index (κ3) is 7.73. The highest BCUT2D eigenvalue weighted by Crippen LogP contribution is 2.28. The van der Waals surface area contributed by atoms with Gasteiger partial charge in [0, 0.05) is 39.1 Å². The second kappa shape index (κ2) is 11.9. The molecule has 1 N–H and O–H groups in total. The Bertz CT molecular complexity index is 1160. The molecule has 3 aromatic carbocycles. The standard InChI is InChI=1S/C28H29Cl3N2O2/c1-28(2,3)32-27(35)25(16-19-10-5-4-6-11-19)33(18-21-23(30)14-9-15-24(21)31)26(34)17-20-12-7-8-13-22(20)29/h4-15,25H,16-18H2,1-3H3,(H,32,35)/t25-/m0/s1. The minimum absolute atomic E-state index is 0.0375. The van der Waals surface area contributed by atoms with E-state index in [0.29, 0.717) is 32.6 Å². The molecular formula is C28H29Cl3N2O2. The van der Waals surface area contributed by atoms with Gasteiger partial charge in [0.2, 0.25) is 11.8 Å². The molecular weight excluding hydrogens is 503 g/mol. The fourth-order valence-electron chi connectivity index (χ4n) is 3.77. The molecule has 0 aliphatic heterocycles. The van der Waals surface area contributed by atoms with E-state index in [1.54, 1.807) is 29.2 Å². The predicted octanol–water partition coefficient (Wildman–Crippen LogP) is 6.74. The summed E-state index contributed by atoms with van der Waals surface area (Å²) in [5.74, 6) is -0.504. The summed E-state index contributed by atoms with van der Waals surface area (Å²) in [6.07, 6.45) is 0.370. The van der Waals surface area contributed by atoms with Gasteiger partial charge >= 0.3 is 0 Å². The third-order valence-corrected chi connectivity index (χ3v) is 6.54. The maximum atomic E-state index is 13.8. The van der Waals surface area contributed by atoms with Crippen LogP contribution in [0.15, 0.2) is 72.8 Å². The van der Waals surface area contributed by atoms with Gasteiger partial charge in [-0.1, -0.05) is 89.4 Å². The van der Waals surface area contributed by atoms with Crippen molar-refractivity contribution in [1.29, 1.82) is 0 Å². The van der Waals surface area contributed by atoms with Crippen LogP contribution in [0, 0.1) is 0 Å². The first-order valence-electron chi connectivity index (χ1n) is 11.4. The molecule has 0 saturated heterocycles. The molecule has 35 heavy (non-hydrogen) atoms. The molecule has 0 saturated carbocycles. The van der Waals surface area contributed by atoms with Crippen molar-refractivity contribution in [3.05, 3.63) is 105 Å². The van der Waals surface area contributed by atoms with Crippen LogP contribution in [0.4, 0.5) is 0 Å². The molecule has 0 aromatic heterocycles. The summed E-state index contributed by atoms with van der Waals surface area (Å²) in [5, 5.41) is 4.40. The van der Waals surface area contributed by atoms with Crippen molar-refractivity contribution in [2.75, 3.05) is 0 Å². The summed E-state index contributed by atoms with van der Waals surface area (Å²) >= 11 is 19.3. The van der Waals surface area contributed by atoms with Gasteiger partial charge in [0.15, 0.2) is 0 Å². The van der Waals surface area contributed by atoms with Crippen LogP contribution < -0.4 is 5.32 Å². The Balaban J connectivity index is 2.05. The van der Waals surface area contributed by atoms with E-state index < -0.39 is 11.6 Å². The lowest BCUT2D eigenvalue weighted by molar-refractivity contribution is -0.141. The molecule has 0 heterocycles. The highest BCUT2D eigenvalue weighted by molar-refractivity contribution is 6.36. The summed E-state index contributed by atoms with van der Waals surface area (Å²) in [7, 11) is 0. The minimum atomic E-state index is -0.793. The number of benzene rings is 3. The first-order valence-corrected chi connectivity index (χ1v) is 12.5. The summed E-state index contributed by atoms with van der Waals surface area (Å²) in [4.78, 5) is 28.9. The average Bonchev–Trinajstić information content (AvgIpc) is 2.79. The van der Waals surface area contributed by atoms with Crippen LogP contribution in [0.2, 0.25) is 15.1 Å². The van der Waals surface area contributed by atoms with Gasteiger partial charge in [-0.15, -0.1) is 0 Å². The number of carbonyl (C=O) groups is 2. The smallest absolute Gasteiger partial charge is 0.243 e. The second-order valence-corrected chi connectivity index (χ2v) is 10.7. The fraction of sp³-hybridized carbons (Fsp3) is 0.286. The molecule has 3 rings (SSSR count). The van der Waals surface area contributed by atoms with E-state index in [9.17, 15) is 9.59 Å². The third-order valence-electron chi connectivity index (χ3n) is 5.46. The fourth-order valence-corrected chi connectivity index (χ4v) is 4.49.